The summed E-state index contributed by atoms with van der Waals surface area (Å²) < 4.78 is 34.0. The Hall–Kier alpha value is -4.58. The molecule has 1 amide bonds. The number of nitro groups is 1. The molecule has 0 spiro atoms. The van der Waals surface area contributed by atoms with Crippen molar-refractivity contribution < 1.29 is 22.9 Å². The van der Waals surface area contributed by atoms with Crippen molar-refractivity contribution in [2.75, 3.05) is 31.5 Å². The predicted octanol–water partition coefficient (Wildman–Crippen LogP) is 5.10. The molecule has 4 aromatic carbocycles. The summed E-state index contributed by atoms with van der Waals surface area (Å²) >= 11 is 0. The van der Waals surface area contributed by atoms with Gasteiger partial charge in [-0.25, -0.2) is 8.42 Å². The number of hydrogen-bond donors (Lipinski definition) is 1. The van der Waals surface area contributed by atoms with Crippen LogP contribution in [0.3, 0.4) is 0 Å². The smallest absolute Gasteiger partial charge is 0.310 e. The Balaban J connectivity index is 1.22. The molecular formula is C32H32N4O6S. The minimum Gasteiger partial charge on any atom is -0.474 e. The Bertz CT molecular complexity index is 1620. The lowest BCUT2D eigenvalue weighted by molar-refractivity contribution is -0.386. The second kappa shape index (κ2) is 13.2. The fourth-order valence-corrected chi connectivity index (χ4v) is 6.56. The second-order valence-corrected chi connectivity index (χ2v) is 12.1. The molecule has 0 aromatic heterocycles. The number of nitrogens with one attached hydrogen (secondary N) is 1. The van der Waals surface area contributed by atoms with Crippen LogP contribution in [0.25, 0.3) is 0 Å². The molecule has 1 fully saturated rings. The number of nitro benzene ring substituents is 1. The van der Waals surface area contributed by atoms with Crippen molar-refractivity contribution in [2.24, 2.45) is 0 Å². The van der Waals surface area contributed by atoms with E-state index in [1.165, 1.54) is 53.7 Å². The van der Waals surface area contributed by atoms with Gasteiger partial charge in [0.2, 0.25) is 10.0 Å². The van der Waals surface area contributed by atoms with Crippen LogP contribution in [0.4, 0.5) is 11.4 Å². The molecule has 0 radical (unpaired) electrons. The average molecular weight is 601 g/mol. The number of carbonyl (C=O) groups is 1. The first kappa shape index (κ1) is 29.9. The molecule has 1 aliphatic heterocycles. The van der Waals surface area contributed by atoms with E-state index in [2.05, 4.69) is 34.5 Å². The maximum Gasteiger partial charge on any atom is 0.310 e. The van der Waals surface area contributed by atoms with Gasteiger partial charge in [-0.05, 0) is 48.4 Å². The summed E-state index contributed by atoms with van der Waals surface area (Å²) in [5, 5.41) is 13.9. The summed E-state index contributed by atoms with van der Waals surface area (Å²) in [5.74, 6) is -0.549. The van der Waals surface area contributed by atoms with Gasteiger partial charge in [-0.15, -0.1) is 0 Å². The van der Waals surface area contributed by atoms with Crippen molar-refractivity contribution in [3.63, 3.8) is 0 Å². The van der Waals surface area contributed by atoms with Crippen LogP contribution in [0.2, 0.25) is 0 Å². The van der Waals surface area contributed by atoms with Crippen molar-refractivity contribution in [2.45, 2.75) is 24.0 Å². The van der Waals surface area contributed by atoms with E-state index in [0.29, 0.717) is 31.9 Å². The fourth-order valence-electron chi connectivity index (χ4n) is 5.14. The number of hydrogen-bond acceptors (Lipinski definition) is 7. The minimum atomic E-state index is -3.75. The van der Waals surface area contributed by atoms with Gasteiger partial charge in [-0.1, -0.05) is 72.8 Å². The van der Waals surface area contributed by atoms with Crippen LogP contribution in [0, 0.1) is 10.1 Å². The zero-order valence-electron chi connectivity index (χ0n) is 23.6. The molecule has 11 heteroatoms. The maximum atomic E-state index is 13.5. The Labute approximate surface area is 250 Å². The number of ether oxygens (including phenoxy) is 1. The average Bonchev–Trinajstić information content (AvgIpc) is 3.03. The van der Waals surface area contributed by atoms with Crippen LogP contribution in [0.1, 0.15) is 24.1 Å². The summed E-state index contributed by atoms with van der Waals surface area (Å²) in [5.41, 5.74) is 2.45. The van der Waals surface area contributed by atoms with Crippen molar-refractivity contribution in [1.29, 1.82) is 0 Å². The highest BCUT2D eigenvalue weighted by Crippen LogP contribution is 2.31. The van der Waals surface area contributed by atoms with Gasteiger partial charge in [0, 0.05) is 37.9 Å². The van der Waals surface area contributed by atoms with Crippen LogP contribution in [-0.4, -0.2) is 60.7 Å². The zero-order chi connectivity index (χ0) is 30.4. The molecule has 0 aliphatic carbocycles. The summed E-state index contributed by atoms with van der Waals surface area (Å²) in [7, 11) is -3.75. The Kier molecular flexibility index (Phi) is 9.15. The van der Waals surface area contributed by atoms with Crippen molar-refractivity contribution >= 4 is 27.3 Å². The molecule has 0 saturated carbocycles. The van der Waals surface area contributed by atoms with E-state index < -0.39 is 27.0 Å². The third kappa shape index (κ3) is 6.91. The van der Waals surface area contributed by atoms with Crippen LogP contribution in [-0.2, 0) is 14.8 Å². The quantitative estimate of drug-likeness (QED) is 0.199. The van der Waals surface area contributed by atoms with Crippen LogP contribution >= 0.6 is 0 Å². The highest BCUT2D eigenvalue weighted by atomic mass is 32.2. The van der Waals surface area contributed by atoms with Gasteiger partial charge in [-0.3, -0.25) is 19.8 Å². The van der Waals surface area contributed by atoms with Crippen molar-refractivity contribution in [1.82, 2.24) is 9.21 Å². The van der Waals surface area contributed by atoms with E-state index in [4.69, 9.17) is 4.74 Å². The molecule has 1 unspecified atom stereocenters. The Morgan fingerprint density at radius 2 is 1.35 bits per heavy atom. The van der Waals surface area contributed by atoms with E-state index in [-0.39, 0.29) is 22.4 Å². The first-order valence-corrected chi connectivity index (χ1v) is 15.3. The van der Waals surface area contributed by atoms with E-state index in [1.807, 2.05) is 36.4 Å². The lowest BCUT2D eigenvalue weighted by Gasteiger charge is -2.39. The van der Waals surface area contributed by atoms with Crippen LogP contribution in [0.15, 0.2) is 114 Å². The molecule has 5 rings (SSSR count). The maximum absolute atomic E-state index is 13.5. The Morgan fingerprint density at radius 1 is 0.814 bits per heavy atom. The lowest BCUT2D eigenvalue weighted by Crippen LogP contribution is -2.49. The molecule has 1 saturated heterocycles. The molecule has 1 atom stereocenters. The normalized spacial score (nSPS) is 15.1. The molecule has 10 nitrogen and oxygen atoms in total. The summed E-state index contributed by atoms with van der Waals surface area (Å²) in [6.07, 6.45) is -1.03. The van der Waals surface area contributed by atoms with Crippen LogP contribution < -0.4 is 10.1 Å². The highest BCUT2D eigenvalue weighted by Gasteiger charge is 2.32. The van der Waals surface area contributed by atoms with Gasteiger partial charge in [0.15, 0.2) is 11.9 Å². The number of amides is 1. The lowest BCUT2D eigenvalue weighted by atomic mass is 9.96. The van der Waals surface area contributed by atoms with Gasteiger partial charge < -0.3 is 10.1 Å². The predicted molar refractivity (Wildman–Crippen MR) is 163 cm³/mol. The number of para-hydroxylation sites is 2. The third-order valence-electron chi connectivity index (χ3n) is 7.36. The Morgan fingerprint density at radius 3 is 1.91 bits per heavy atom. The van der Waals surface area contributed by atoms with Gasteiger partial charge >= 0.3 is 5.69 Å². The minimum absolute atomic E-state index is 0.0180. The molecule has 1 N–H and O–H groups in total. The first-order chi connectivity index (χ1) is 20.7. The second-order valence-electron chi connectivity index (χ2n) is 10.2. The summed E-state index contributed by atoms with van der Waals surface area (Å²) in [4.78, 5) is 25.8. The fraction of sp³-hybridized carbons (Fsp3) is 0.219. The number of benzene rings is 4. The molecule has 0 bridgehead atoms. The third-order valence-corrected chi connectivity index (χ3v) is 9.28. The molecule has 4 aromatic rings. The topological polar surface area (TPSA) is 122 Å². The van der Waals surface area contributed by atoms with E-state index >= 15 is 0 Å². The van der Waals surface area contributed by atoms with Crippen LogP contribution in [0.5, 0.6) is 5.75 Å². The van der Waals surface area contributed by atoms with E-state index in [0.717, 1.165) is 11.1 Å². The summed E-state index contributed by atoms with van der Waals surface area (Å²) in [6, 6.07) is 32.2. The van der Waals surface area contributed by atoms with Gasteiger partial charge in [0.05, 0.1) is 15.9 Å². The molecule has 43 heavy (non-hydrogen) atoms. The number of piperazine rings is 1. The number of rotatable bonds is 10. The molecule has 222 valence electrons. The van der Waals surface area contributed by atoms with Gasteiger partial charge in [0.25, 0.3) is 5.91 Å². The van der Waals surface area contributed by atoms with Gasteiger partial charge in [0.1, 0.15) is 0 Å². The SMILES string of the molecule is CC(Oc1ccccc1[N+](=O)[O-])C(=O)Nc1ccc(S(=O)(=O)N2CCN(C(c3ccccc3)c3ccccc3)CC2)cc1. The number of nitrogens with zero attached hydrogens (tertiary/aromatic N) is 3. The van der Waals surface area contributed by atoms with Crippen molar-refractivity contribution in [3.8, 4) is 5.75 Å². The first-order valence-electron chi connectivity index (χ1n) is 13.9. The zero-order valence-corrected chi connectivity index (χ0v) is 24.4. The monoisotopic (exact) mass is 600 g/mol. The molecule has 1 aliphatic rings. The van der Waals surface area contributed by atoms with Crippen molar-refractivity contribution in [3.05, 3.63) is 130 Å². The number of carbonyl (C=O) groups excluding carboxylic acids is 1. The number of sulfonamides is 1. The highest BCUT2D eigenvalue weighted by molar-refractivity contribution is 7.89. The molecule has 1 heterocycles. The summed E-state index contributed by atoms with van der Waals surface area (Å²) in [6.45, 7) is 3.30. The van der Waals surface area contributed by atoms with Gasteiger partial charge in [-0.2, -0.15) is 4.31 Å². The standard InChI is InChI=1S/C32H32N4O6S/c1-24(42-30-15-9-8-14-29(30)36(38)39)32(37)33-27-16-18-28(19-17-27)43(40,41)35-22-20-34(21-23-35)31(25-10-4-2-5-11-25)26-12-6-3-7-13-26/h2-19,24,31H,20-23H2,1H3,(H,33,37). The number of anilines is 1. The molecular weight excluding hydrogens is 568 g/mol. The largest absolute Gasteiger partial charge is 0.474 e. The van der Waals surface area contributed by atoms with E-state index in [1.54, 1.807) is 6.07 Å². The van der Waals surface area contributed by atoms with E-state index in [9.17, 15) is 23.3 Å².